The van der Waals surface area contributed by atoms with Gasteiger partial charge in [-0.1, -0.05) is 37.2 Å². The molecule has 1 aromatic rings. The molecule has 1 aliphatic carbocycles. The highest BCUT2D eigenvalue weighted by Gasteiger charge is 2.30. The Morgan fingerprint density at radius 3 is 2.70 bits per heavy atom. The number of para-hydroxylation sites is 1. The van der Waals surface area contributed by atoms with Crippen LogP contribution in [0.25, 0.3) is 0 Å². The van der Waals surface area contributed by atoms with Gasteiger partial charge in [-0.2, -0.15) is 0 Å². The summed E-state index contributed by atoms with van der Waals surface area (Å²) in [7, 11) is 0. The number of rotatable bonds is 5. The van der Waals surface area contributed by atoms with Crippen LogP contribution in [-0.4, -0.2) is 23.0 Å². The van der Waals surface area contributed by atoms with Gasteiger partial charge in [0.1, 0.15) is 10.7 Å². The fourth-order valence-electron chi connectivity index (χ4n) is 2.59. The largest absolute Gasteiger partial charge is 0.483 e. The van der Waals surface area contributed by atoms with E-state index in [1.54, 1.807) is 12.1 Å². The van der Waals surface area contributed by atoms with Crippen LogP contribution in [0.2, 0.25) is 0 Å². The Morgan fingerprint density at radius 1 is 1.40 bits per heavy atom. The zero-order chi connectivity index (χ0) is 14.6. The fraction of sp³-hybridized carbons (Fsp3) is 0.467. The van der Waals surface area contributed by atoms with E-state index in [-0.39, 0.29) is 23.0 Å². The van der Waals surface area contributed by atoms with Crippen molar-refractivity contribution in [1.29, 1.82) is 0 Å². The summed E-state index contributed by atoms with van der Waals surface area (Å²) >= 11 is 4.96. The first-order chi connectivity index (χ1) is 9.50. The summed E-state index contributed by atoms with van der Waals surface area (Å²) in [5.74, 6) is 0.443. The van der Waals surface area contributed by atoms with Gasteiger partial charge >= 0.3 is 0 Å². The smallest absolute Gasteiger partial charge is 0.258 e. The van der Waals surface area contributed by atoms with Gasteiger partial charge in [-0.3, -0.25) is 4.79 Å². The number of thiocarbonyl (C=S) groups is 1. The van der Waals surface area contributed by atoms with E-state index in [2.05, 4.69) is 12.2 Å². The van der Waals surface area contributed by atoms with Gasteiger partial charge in [-0.15, -0.1) is 0 Å². The molecular formula is C15H20N2O2S. The number of nitrogens with two attached hydrogens (primary N) is 1. The average molecular weight is 292 g/mol. The summed E-state index contributed by atoms with van der Waals surface area (Å²) < 4.78 is 5.54. The van der Waals surface area contributed by atoms with E-state index in [1.807, 2.05) is 12.1 Å². The summed E-state index contributed by atoms with van der Waals surface area (Å²) in [5, 5.41) is 3.05. The van der Waals surface area contributed by atoms with Crippen LogP contribution in [-0.2, 0) is 4.79 Å². The monoisotopic (exact) mass is 292 g/mol. The molecule has 0 aliphatic heterocycles. The molecule has 1 aliphatic rings. The zero-order valence-corrected chi connectivity index (χ0v) is 12.5. The third-order valence-electron chi connectivity index (χ3n) is 3.66. The van der Waals surface area contributed by atoms with Crippen LogP contribution in [0.15, 0.2) is 24.3 Å². The number of hydrogen-bond donors (Lipinski definition) is 2. The molecule has 0 spiro atoms. The van der Waals surface area contributed by atoms with E-state index in [0.29, 0.717) is 11.3 Å². The summed E-state index contributed by atoms with van der Waals surface area (Å²) in [6.45, 7) is 2.07. The number of nitrogens with one attached hydrogen (secondary N) is 1. The normalized spacial score (nSPS) is 16.6. The van der Waals surface area contributed by atoms with Crippen molar-refractivity contribution >= 4 is 23.1 Å². The predicted octanol–water partition coefficient (Wildman–Crippen LogP) is 2.15. The summed E-state index contributed by atoms with van der Waals surface area (Å²) in [6.07, 6.45) is 4.40. The maximum atomic E-state index is 12.0. The Kier molecular flexibility index (Phi) is 4.60. The van der Waals surface area contributed by atoms with E-state index in [1.165, 1.54) is 12.8 Å². The maximum Gasteiger partial charge on any atom is 0.258 e. The molecule has 0 aromatic heterocycles. The van der Waals surface area contributed by atoms with Crippen molar-refractivity contribution in [2.45, 2.75) is 38.1 Å². The number of hydrogen-bond acceptors (Lipinski definition) is 3. The number of benzene rings is 1. The van der Waals surface area contributed by atoms with Gasteiger partial charge in [0.25, 0.3) is 5.91 Å². The molecule has 3 N–H and O–H groups in total. The molecule has 108 valence electrons. The number of carbonyl (C=O) groups is 1. The highest BCUT2D eigenvalue weighted by Crippen LogP contribution is 2.28. The molecular weight excluding hydrogens is 272 g/mol. The first-order valence-corrected chi connectivity index (χ1v) is 7.24. The molecule has 1 amide bonds. The molecule has 0 bridgehead atoms. The molecule has 0 radical (unpaired) electrons. The van der Waals surface area contributed by atoms with Gasteiger partial charge in [0.15, 0.2) is 6.61 Å². The summed E-state index contributed by atoms with van der Waals surface area (Å²) in [5.41, 5.74) is 6.20. The third kappa shape index (κ3) is 3.70. The van der Waals surface area contributed by atoms with E-state index < -0.39 is 0 Å². The molecule has 0 heterocycles. The van der Waals surface area contributed by atoms with Gasteiger partial charge in [-0.05, 0) is 31.9 Å². The second kappa shape index (κ2) is 6.22. The predicted molar refractivity (Wildman–Crippen MR) is 82.8 cm³/mol. The SMILES string of the molecule is CC1(NC(=O)COc2ccccc2C(N)=S)CCCC1. The van der Waals surface area contributed by atoms with Crippen molar-refractivity contribution in [3.05, 3.63) is 29.8 Å². The van der Waals surface area contributed by atoms with E-state index in [9.17, 15) is 4.79 Å². The molecule has 1 fully saturated rings. The summed E-state index contributed by atoms with van der Waals surface area (Å²) in [4.78, 5) is 12.2. The van der Waals surface area contributed by atoms with Gasteiger partial charge in [0.05, 0.1) is 5.56 Å². The molecule has 0 unspecified atom stereocenters. The van der Waals surface area contributed by atoms with Crippen LogP contribution >= 0.6 is 12.2 Å². The maximum absolute atomic E-state index is 12.0. The Bertz CT molecular complexity index is 510. The van der Waals surface area contributed by atoms with E-state index in [0.717, 1.165) is 12.8 Å². The Morgan fingerprint density at radius 2 is 2.05 bits per heavy atom. The molecule has 4 nitrogen and oxygen atoms in total. The lowest BCUT2D eigenvalue weighted by Gasteiger charge is -2.25. The number of carbonyl (C=O) groups excluding carboxylic acids is 1. The topological polar surface area (TPSA) is 64.3 Å². The summed E-state index contributed by atoms with van der Waals surface area (Å²) in [6, 6.07) is 7.21. The highest BCUT2D eigenvalue weighted by molar-refractivity contribution is 7.80. The lowest BCUT2D eigenvalue weighted by molar-refractivity contribution is -0.124. The second-order valence-electron chi connectivity index (χ2n) is 5.47. The van der Waals surface area contributed by atoms with Crippen LogP contribution in [0.4, 0.5) is 0 Å². The van der Waals surface area contributed by atoms with Crippen LogP contribution in [0.3, 0.4) is 0 Å². The molecule has 0 saturated heterocycles. The van der Waals surface area contributed by atoms with Gasteiger partial charge < -0.3 is 15.8 Å². The molecule has 20 heavy (non-hydrogen) atoms. The molecule has 1 aromatic carbocycles. The number of ether oxygens (including phenoxy) is 1. The van der Waals surface area contributed by atoms with Crippen molar-refractivity contribution in [2.24, 2.45) is 5.73 Å². The van der Waals surface area contributed by atoms with Gasteiger partial charge in [-0.25, -0.2) is 0 Å². The van der Waals surface area contributed by atoms with Crippen molar-refractivity contribution in [3.8, 4) is 5.75 Å². The van der Waals surface area contributed by atoms with E-state index in [4.69, 9.17) is 22.7 Å². The minimum Gasteiger partial charge on any atom is -0.483 e. The first-order valence-electron chi connectivity index (χ1n) is 6.83. The van der Waals surface area contributed by atoms with Crippen molar-refractivity contribution < 1.29 is 9.53 Å². The number of amides is 1. The molecule has 0 atom stereocenters. The molecule has 2 rings (SSSR count). The lowest BCUT2D eigenvalue weighted by Crippen LogP contribution is -2.45. The lowest BCUT2D eigenvalue weighted by atomic mass is 10.0. The third-order valence-corrected chi connectivity index (χ3v) is 3.88. The van der Waals surface area contributed by atoms with Crippen LogP contribution in [0.1, 0.15) is 38.2 Å². The van der Waals surface area contributed by atoms with Crippen molar-refractivity contribution in [2.75, 3.05) is 6.61 Å². The molecule has 1 saturated carbocycles. The minimum absolute atomic E-state index is 0.0186. The molecule has 5 heteroatoms. The first kappa shape index (κ1) is 14.8. The Balaban J connectivity index is 1.92. The highest BCUT2D eigenvalue weighted by atomic mass is 32.1. The second-order valence-corrected chi connectivity index (χ2v) is 5.90. The van der Waals surface area contributed by atoms with Crippen LogP contribution in [0.5, 0.6) is 5.75 Å². The quantitative estimate of drug-likeness (QED) is 0.816. The Labute approximate surface area is 124 Å². The van der Waals surface area contributed by atoms with E-state index >= 15 is 0 Å². The zero-order valence-electron chi connectivity index (χ0n) is 11.6. The van der Waals surface area contributed by atoms with Gasteiger partial charge in [0, 0.05) is 5.54 Å². The fourth-order valence-corrected chi connectivity index (χ4v) is 2.76. The minimum atomic E-state index is -0.104. The Hall–Kier alpha value is -1.62. The van der Waals surface area contributed by atoms with Crippen LogP contribution in [0, 0.1) is 0 Å². The van der Waals surface area contributed by atoms with Crippen molar-refractivity contribution in [3.63, 3.8) is 0 Å². The standard InChI is InChI=1S/C15H20N2O2S/c1-15(8-4-5-9-15)17-13(18)10-19-12-7-3-2-6-11(12)14(16)20/h2-3,6-7H,4-5,8-10H2,1H3,(H2,16,20)(H,17,18). The van der Waals surface area contributed by atoms with Gasteiger partial charge in [0.2, 0.25) is 0 Å². The van der Waals surface area contributed by atoms with Crippen molar-refractivity contribution in [1.82, 2.24) is 5.32 Å². The average Bonchev–Trinajstić information content (AvgIpc) is 2.83. The van der Waals surface area contributed by atoms with Crippen LogP contribution < -0.4 is 15.8 Å².